The average Bonchev–Trinajstić information content (AvgIpc) is 0.902. The van der Waals surface area contributed by atoms with Crippen molar-refractivity contribution < 1.29 is 75.8 Å². The summed E-state index contributed by atoms with van der Waals surface area (Å²) in [5.74, 6) is -1.60. The molecule has 5 atom stereocenters. The van der Waals surface area contributed by atoms with Crippen molar-refractivity contribution >= 4 is 33.6 Å². The first kappa shape index (κ1) is 110. The van der Waals surface area contributed by atoms with E-state index in [-0.39, 0.29) is 19.3 Å². The first-order valence-corrected chi connectivity index (χ1v) is 48.4. The number of hydrogen-bond donors (Lipinski definition) is 4. The molecule has 4 N–H and O–H groups in total. The van der Waals surface area contributed by atoms with Gasteiger partial charge in [0.15, 0.2) is 6.10 Å². The van der Waals surface area contributed by atoms with Crippen LogP contribution in [0.25, 0.3) is 0 Å². The van der Waals surface area contributed by atoms with E-state index >= 15 is 0 Å². The number of carbonyl (C=O) groups excluding carboxylic acids is 3. The molecule has 0 aliphatic heterocycles. The van der Waals surface area contributed by atoms with Gasteiger partial charge >= 0.3 is 33.6 Å². The number of aliphatic hydroxyl groups is 2. The molecule has 0 heterocycles. The van der Waals surface area contributed by atoms with E-state index in [1.165, 1.54) is 135 Å². The molecule has 0 saturated heterocycles. The lowest BCUT2D eigenvalue weighted by atomic mass is 10.0. The quantitative estimate of drug-likeness (QED) is 0.0146. The van der Waals surface area contributed by atoms with Gasteiger partial charge in [-0.3, -0.25) is 32.5 Å². The van der Waals surface area contributed by atoms with Gasteiger partial charge in [-0.1, -0.05) is 364 Å². The van der Waals surface area contributed by atoms with E-state index in [0.29, 0.717) is 19.3 Å². The fourth-order valence-electron chi connectivity index (χ4n) is 12.1. The van der Waals surface area contributed by atoms with Crippen molar-refractivity contribution in [1.82, 2.24) is 0 Å². The Morgan fingerprint density at radius 1 is 0.252 bits per heavy atom. The van der Waals surface area contributed by atoms with E-state index in [9.17, 15) is 43.5 Å². The summed E-state index contributed by atoms with van der Waals surface area (Å²) in [4.78, 5) is 59.0. The zero-order valence-corrected chi connectivity index (χ0v) is 74.2. The lowest BCUT2D eigenvalue weighted by Gasteiger charge is -2.21. The third kappa shape index (κ3) is 89.5. The summed E-state index contributed by atoms with van der Waals surface area (Å²) in [6.07, 6.45) is 114. The molecule has 0 saturated carbocycles. The van der Waals surface area contributed by atoms with E-state index in [1.807, 2.05) is 0 Å². The first-order valence-electron chi connectivity index (χ1n) is 45.4. The Morgan fingerprint density at radius 3 is 0.730 bits per heavy atom. The van der Waals surface area contributed by atoms with Crippen LogP contribution in [0.5, 0.6) is 0 Å². The number of phosphoric ester groups is 2. The molecule has 5 unspecified atom stereocenters. The number of aliphatic hydroxyl groups excluding tert-OH is 2. The molecular weight excluding hydrogens is 1480 g/mol. The van der Waals surface area contributed by atoms with E-state index in [1.54, 1.807) is 0 Å². The molecule has 18 heteroatoms. The van der Waals surface area contributed by atoms with Crippen molar-refractivity contribution in [2.24, 2.45) is 0 Å². The first-order chi connectivity index (χ1) is 56.2. The van der Waals surface area contributed by atoms with Crippen molar-refractivity contribution in [3.63, 3.8) is 0 Å². The van der Waals surface area contributed by atoms with Crippen molar-refractivity contribution in [2.45, 2.75) is 386 Å². The number of phosphoric acid groups is 2. The molecule has 115 heavy (non-hydrogen) atoms. The van der Waals surface area contributed by atoms with Crippen molar-refractivity contribution in [1.29, 1.82) is 0 Å². The summed E-state index contributed by atoms with van der Waals surface area (Å²) in [5.41, 5.74) is 0. The van der Waals surface area contributed by atoms with Crippen LogP contribution >= 0.6 is 15.6 Å². The van der Waals surface area contributed by atoms with Crippen molar-refractivity contribution in [3.8, 4) is 0 Å². The number of hydrogen-bond acceptors (Lipinski definition) is 14. The van der Waals surface area contributed by atoms with Gasteiger partial charge in [-0.2, -0.15) is 0 Å². The third-order valence-electron chi connectivity index (χ3n) is 18.9. The Morgan fingerprint density at radius 2 is 0.461 bits per heavy atom. The third-order valence-corrected chi connectivity index (χ3v) is 20.8. The predicted octanol–water partition coefficient (Wildman–Crippen LogP) is 27.9. The summed E-state index contributed by atoms with van der Waals surface area (Å²) < 4.78 is 61.4. The lowest BCUT2D eigenvalue weighted by Crippen LogP contribution is -2.30. The normalized spacial score (nSPS) is 14.6. The molecule has 0 aliphatic carbocycles. The lowest BCUT2D eigenvalue weighted by molar-refractivity contribution is -0.161. The van der Waals surface area contributed by atoms with Crippen LogP contribution in [0.2, 0.25) is 0 Å². The van der Waals surface area contributed by atoms with E-state index in [2.05, 4.69) is 191 Å². The van der Waals surface area contributed by atoms with Crippen LogP contribution in [0.15, 0.2) is 170 Å². The highest BCUT2D eigenvalue weighted by molar-refractivity contribution is 7.47. The molecule has 0 aliphatic rings. The van der Waals surface area contributed by atoms with Crippen LogP contribution in [0.3, 0.4) is 0 Å². The van der Waals surface area contributed by atoms with Gasteiger partial charge in [0.05, 0.1) is 26.4 Å². The van der Waals surface area contributed by atoms with Gasteiger partial charge in [0.1, 0.15) is 25.4 Å². The van der Waals surface area contributed by atoms with Gasteiger partial charge in [-0.15, -0.1) is 0 Å². The Bertz CT molecular complexity index is 2770. The van der Waals surface area contributed by atoms with Crippen LogP contribution in [0.1, 0.15) is 367 Å². The average molecular weight is 1650 g/mol. The Balaban J connectivity index is 4.58. The predicted molar refractivity (Wildman–Crippen MR) is 482 cm³/mol. The van der Waals surface area contributed by atoms with Crippen LogP contribution in [0.4, 0.5) is 0 Å². The van der Waals surface area contributed by atoms with E-state index in [4.69, 9.17) is 32.3 Å². The fourth-order valence-corrected chi connectivity index (χ4v) is 13.7. The van der Waals surface area contributed by atoms with Crippen LogP contribution in [0, 0.1) is 0 Å². The van der Waals surface area contributed by atoms with Gasteiger partial charge < -0.3 is 34.2 Å². The maximum absolute atomic E-state index is 13.1. The fraction of sp³-hybridized carbons (Fsp3) is 0.680. The minimum Gasteiger partial charge on any atom is -0.463 e. The largest absolute Gasteiger partial charge is 0.472 e. The zero-order chi connectivity index (χ0) is 83.6. The second kappa shape index (κ2) is 88.2. The smallest absolute Gasteiger partial charge is 0.463 e. The molecule has 0 aromatic carbocycles. The highest BCUT2D eigenvalue weighted by Crippen LogP contribution is 2.45. The van der Waals surface area contributed by atoms with Gasteiger partial charge in [0.2, 0.25) is 0 Å². The minimum absolute atomic E-state index is 0.0777. The van der Waals surface area contributed by atoms with Crippen molar-refractivity contribution in [2.75, 3.05) is 39.6 Å². The van der Waals surface area contributed by atoms with Crippen LogP contribution < -0.4 is 0 Å². The number of unbranched alkanes of at least 4 members (excludes halogenated alkanes) is 34. The molecule has 0 radical (unpaired) electrons. The zero-order valence-electron chi connectivity index (χ0n) is 72.4. The second-order valence-corrected chi connectivity index (χ2v) is 32.9. The number of carbonyl (C=O) groups is 3. The molecule has 658 valence electrons. The summed E-state index contributed by atoms with van der Waals surface area (Å²) >= 11 is 0. The Labute approximate surface area is 701 Å². The molecule has 0 fully saturated rings. The minimum atomic E-state index is -4.95. The highest BCUT2D eigenvalue weighted by atomic mass is 31.2. The summed E-state index contributed by atoms with van der Waals surface area (Å²) in [6.45, 7) is 2.43. The van der Waals surface area contributed by atoms with Gasteiger partial charge in [-0.05, 0) is 154 Å². The molecule has 0 bridgehead atoms. The molecule has 0 spiro atoms. The monoisotopic (exact) mass is 1650 g/mol. The van der Waals surface area contributed by atoms with Crippen LogP contribution in [-0.4, -0.2) is 95.9 Å². The van der Waals surface area contributed by atoms with Gasteiger partial charge in [-0.25, -0.2) is 9.13 Å². The molecule has 16 nitrogen and oxygen atoms in total. The molecule has 0 amide bonds. The SMILES string of the molecule is CC/C=C\C/C=C\C/C=C\C/C=C\C/C=C\CCCCCCCCCCCCCCCCCCCC(=O)OCC(O)COP(=O)(O)OCC(O)COP(=O)(O)OCC(COC(=O)CCCCCCCCCCC/C=C\C/C=C\C/C=C\C/C=C\C/C=C\CC)OC(=O)CCCCCCC/C=C\C/C=C\C/C=C\C/C=C\CCCCC. The van der Waals surface area contributed by atoms with Gasteiger partial charge in [0.25, 0.3) is 0 Å². The maximum Gasteiger partial charge on any atom is 0.472 e. The standard InChI is InChI=1S/C97H164O16P2/c1-4-7-10-13-16-19-22-25-28-31-34-37-39-41-42-43-44-45-46-47-48-50-52-54-56-59-62-65-68-71-74-77-80-83-95(100)107-86-92(98)87-109-114(103,104)110-88-93(99)89-111-115(105,106)112-91-94(113-97(102)85-82-79-76-73-70-67-64-61-58-53-36-33-30-27-24-21-18-15-12-9-6-3)90-108-96(101)84-81-78-75-72-69-66-63-60-57-55-51-49-40-38-35-32-29-26-23-20-17-14-11-8-5-2/h7-8,10-11,16-21,25-30,34-38,41-42,49,51,53,61,64,92-94,98-99H,4-6,9,12-15,22-24,31-33,39-40,43-48,50,52,54-60,62-63,65-91H2,1-3H3,(H,103,104)(H,105,106)/b10-7-,11-8-,19-16-,20-17-,21-18-,28-25-,29-26-,30-27-,37-34-,38-35-,42-41-,51-49-,53-36-,64-61-. The molecular formula is C97H164O16P2. The van der Waals surface area contributed by atoms with E-state index in [0.717, 1.165) is 173 Å². The van der Waals surface area contributed by atoms with Gasteiger partial charge in [0, 0.05) is 19.3 Å². The topological polar surface area (TPSA) is 231 Å². The summed E-state index contributed by atoms with van der Waals surface area (Å²) in [5, 5.41) is 20.7. The molecule has 0 aromatic rings. The number of allylic oxidation sites excluding steroid dienone is 28. The van der Waals surface area contributed by atoms with Crippen molar-refractivity contribution in [3.05, 3.63) is 170 Å². The Kier molecular flexibility index (Phi) is 84.3. The molecule has 0 aromatic heterocycles. The number of ether oxygens (including phenoxy) is 3. The molecule has 0 rings (SSSR count). The maximum atomic E-state index is 13.1. The van der Waals surface area contributed by atoms with Crippen LogP contribution in [-0.2, 0) is 55.8 Å². The second-order valence-electron chi connectivity index (χ2n) is 30.0. The highest BCUT2D eigenvalue weighted by Gasteiger charge is 2.29. The van der Waals surface area contributed by atoms with E-state index < -0.39 is 91.5 Å². The summed E-state index contributed by atoms with van der Waals surface area (Å²) in [6, 6.07) is 0. The number of esters is 3. The number of rotatable bonds is 85. The summed E-state index contributed by atoms with van der Waals surface area (Å²) in [7, 11) is -9.82. The Hall–Kier alpha value is -5.09.